The molecule has 1 aliphatic rings. The molecule has 0 bridgehead atoms. The molecule has 1 aromatic heterocycles. The molecule has 1 fully saturated rings. The Morgan fingerprint density at radius 2 is 0.812 bits per heavy atom. The summed E-state index contributed by atoms with van der Waals surface area (Å²) in [6, 6.07) is 66.5. The van der Waals surface area contributed by atoms with Crippen LogP contribution in [-0.4, -0.2) is 18.7 Å². The lowest BCUT2D eigenvalue weighted by Crippen LogP contribution is -2.54. The highest BCUT2D eigenvalue weighted by molar-refractivity contribution is 6.89. The lowest BCUT2D eigenvalue weighted by atomic mass is 9.68. The molecule has 4 nitrogen and oxygen atoms in total. The van der Waals surface area contributed by atoms with Gasteiger partial charge in [-0.2, -0.15) is 0 Å². The van der Waals surface area contributed by atoms with Gasteiger partial charge in [-0.15, -0.1) is 0 Å². The van der Waals surface area contributed by atoms with Crippen LogP contribution in [0.15, 0.2) is 188 Å². The lowest BCUT2D eigenvalue weighted by molar-refractivity contribution is 0.633. The molecule has 0 saturated carbocycles. The highest BCUT2D eigenvalue weighted by Gasteiger charge is 2.49. The Bertz CT molecular complexity index is 2330. The number of fused-ring (bicyclic) bond motifs is 3. The van der Waals surface area contributed by atoms with Gasteiger partial charge >= 0.3 is 14.1 Å². The SMILES string of the molecule is c1ccc(B2OB(c3ccc(-c4ccc5c(c4)c4ccccc4n5-c4ccccc4)cc3)N(c3ccccc3)N2c2ccccc2)cc1. The fourth-order valence-corrected chi connectivity index (χ4v) is 7.05. The number of nitrogens with zero attached hydrogens (tertiary/aromatic N) is 3. The average molecular weight is 615 g/mol. The number of rotatable bonds is 6. The summed E-state index contributed by atoms with van der Waals surface area (Å²) in [6.45, 7) is 0. The third kappa shape index (κ3) is 4.86. The van der Waals surface area contributed by atoms with E-state index in [1.807, 2.05) is 6.07 Å². The third-order valence-corrected chi connectivity index (χ3v) is 9.28. The Morgan fingerprint density at radius 1 is 0.354 bits per heavy atom. The molecule has 0 aliphatic carbocycles. The summed E-state index contributed by atoms with van der Waals surface area (Å²) in [7, 11) is -0.638. The number of aromatic nitrogens is 1. The molecule has 0 radical (unpaired) electrons. The molecule has 1 aliphatic heterocycles. The summed E-state index contributed by atoms with van der Waals surface area (Å²) in [5, 5.41) is 2.50. The molecule has 8 aromatic rings. The molecule has 0 atom stereocenters. The Kier molecular flexibility index (Phi) is 7.07. The topological polar surface area (TPSA) is 20.6 Å². The lowest BCUT2D eigenvalue weighted by Gasteiger charge is -2.35. The van der Waals surface area contributed by atoms with Crippen molar-refractivity contribution >= 4 is 58.2 Å². The van der Waals surface area contributed by atoms with Gasteiger partial charge in [0.1, 0.15) is 0 Å². The van der Waals surface area contributed by atoms with Gasteiger partial charge in [0.2, 0.25) is 0 Å². The van der Waals surface area contributed by atoms with Crippen LogP contribution in [0.3, 0.4) is 0 Å². The van der Waals surface area contributed by atoms with Gasteiger partial charge in [0.15, 0.2) is 0 Å². The molecule has 48 heavy (non-hydrogen) atoms. The molecule has 0 N–H and O–H groups in total. The third-order valence-electron chi connectivity index (χ3n) is 9.28. The number of hydrogen-bond donors (Lipinski definition) is 0. The van der Waals surface area contributed by atoms with Crippen molar-refractivity contribution < 1.29 is 4.57 Å². The first-order valence-electron chi connectivity index (χ1n) is 16.4. The average Bonchev–Trinajstić information content (AvgIpc) is 3.73. The summed E-state index contributed by atoms with van der Waals surface area (Å²) in [6.07, 6.45) is 0. The van der Waals surface area contributed by atoms with Crippen LogP contribution >= 0.6 is 0 Å². The Labute approximate surface area is 281 Å². The number of anilines is 2. The smallest absolute Gasteiger partial charge is 0.452 e. The second kappa shape index (κ2) is 12.0. The molecule has 0 unspecified atom stereocenters. The van der Waals surface area contributed by atoms with Crippen LogP contribution in [0.1, 0.15) is 0 Å². The molecule has 6 heteroatoms. The predicted molar refractivity (Wildman–Crippen MR) is 202 cm³/mol. The monoisotopic (exact) mass is 615 g/mol. The number of hydrazine groups is 1. The van der Waals surface area contributed by atoms with Crippen molar-refractivity contribution in [1.29, 1.82) is 0 Å². The molecule has 0 amide bonds. The van der Waals surface area contributed by atoms with Gasteiger partial charge in [-0.25, -0.2) is 0 Å². The summed E-state index contributed by atoms with van der Waals surface area (Å²) in [4.78, 5) is 4.56. The fraction of sp³-hybridized carbons (Fsp3) is 0. The quantitative estimate of drug-likeness (QED) is 0.175. The predicted octanol–water partition coefficient (Wildman–Crippen LogP) is 8.50. The maximum absolute atomic E-state index is 7.01. The fourth-order valence-electron chi connectivity index (χ4n) is 7.05. The highest BCUT2D eigenvalue weighted by atomic mass is 16.4. The zero-order valence-corrected chi connectivity index (χ0v) is 26.3. The van der Waals surface area contributed by atoms with Crippen LogP contribution < -0.4 is 20.8 Å². The first kappa shape index (κ1) is 28.3. The Morgan fingerprint density at radius 3 is 1.42 bits per heavy atom. The molecule has 7 aromatic carbocycles. The molecule has 1 saturated heterocycles. The van der Waals surface area contributed by atoms with Crippen molar-refractivity contribution in [2.24, 2.45) is 0 Å². The van der Waals surface area contributed by atoms with Crippen molar-refractivity contribution in [2.45, 2.75) is 0 Å². The molecular formula is C42H31B2N3O. The minimum atomic E-state index is -0.335. The molecule has 2 heterocycles. The van der Waals surface area contributed by atoms with Crippen molar-refractivity contribution in [1.82, 2.24) is 4.57 Å². The Hall–Kier alpha value is -5.97. The first-order chi connectivity index (χ1) is 23.8. The molecule has 9 rings (SSSR count). The van der Waals surface area contributed by atoms with E-state index in [-0.39, 0.29) is 14.1 Å². The van der Waals surface area contributed by atoms with Crippen LogP contribution in [0.2, 0.25) is 0 Å². The zero-order chi connectivity index (χ0) is 31.9. The van der Waals surface area contributed by atoms with Crippen LogP contribution in [0, 0.1) is 0 Å². The maximum atomic E-state index is 7.01. The van der Waals surface area contributed by atoms with Crippen LogP contribution in [-0.2, 0) is 4.57 Å². The van der Waals surface area contributed by atoms with Crippen LogP contribution in [0.25, 0.3) is 38.6 Å². The van der Waals surface area contributed by atoms with E-state index in [2.05, 4.69) is 196 Å². The summed E-state index contributed by atoms with van der Waals surface area (Å²) >= 11 is 0. The van der Waals surface area contributed by atoms with Gasteiger partial charge in [0, 0.05) is 27.8 Å². The van der Waals surface area contributed by atoms with E-state index in [4.69, 9.17) is 4.57 Å². The summed E-state index contributed by atoms with van der Waals surface area (Å²) in [5.74, 6) is 0. The van der Waals surface area contributed by atoms with Gasteiger partial charge in [-0.1, -0.05) is 133 Å². The van der Waals surface area contributed by atoms with Gasteiger partial charge in [-0.05, 0) is 76.6 Å². The minimum Gasteiger partial charge on any atom is -0.452 e. The normalized spacial score (nSPS) is 13.2. The Balaban J connectivity index is 1.12. The van der Waals surface area contributed by atoms with E-state index in [1.165, 1.54) is 38.6 Å². The number of hydrogen-bond acceptors (Lipinski definition) is 3. The van der Waals surface area contributed by atoms with E-state index in [0.29, 0.717) is 0 Å². The van der Waals surface area contributed by atoms with Crippen LogP contribution in [0.5, 0.6) is 0 Å². The van der Waals surface area contributed by atoms with E-state index >= 15 is 0 Å². The molecular weight excluding hydrogens is 584 g/mol. The van der Waals surface area contributed by atoms with Crippen molar-refractivity contribution in [3.05, 3.63) is 188 Å². The van der Waals surface area contributed by atoms with E-state index in [9.17, 15) is 0 Å². The highest BCUT2D eigenvalue weighted by Crippen LogP contribution is 2.35. The van der Waals surface area contributed by atoms with E-state index in [1.54, 1.807) is 0 Å². The standard InChI is InChI=1S/C42H31B2N3O/c1-5-15-34(16-6-1)43-46(37-19-9-3-10-20-37)47(38-21-11-4-12-22-38)44(48-43)35-28-25-32(26-29-35)33-27-30-42-40(31-33)39-23-13-14-24-41(39)45(42)36-17-7-2-8-18-36/h1-31H. The maximum Gasteiger partial charge on any atom is 0.457 e. The second-order valence-corrected chi connectivity index (χ2v) is 12.2. The first-order valence-corrected chi connectivity index (χ1v) is 16.4. The van der Waals surface area contributed by atoms with E-state index < -0.39 is 0 Å². The van der Waals surface area contributed by atoms with Crippen molar-refractivity contribution in [3.63, 3.8) is 0 Å². The summed E-state index contributed by atoms with van der Waals surface area (Å²) in [5.41, 5.74) is 10.2. The van der Waals surface area contributed by atoms with Crippen LogP contribution in [0.4, 0.5) is 11.4 Å². The number of benzene rings is 7. The summed E-state index contributed by atoms with van der Waals surface area (Å²) < 4.78 is 9.37. The van der Waals surface area contributed by atoms with Crippen molar-refractivity contribution in [2.75, 3.05) is 9.84 Å². The largest absolute Gasteiger partial charge is 0.457 e. The van der Waals surface area contributed by atoms with Gasteiger partial charge in [0.25, 0.3) is 0 Å². The van der Waals surface area contributed by atoms with Crippen molar-refractivity contribution in [3.8, 4) is 16.8 Å². The van der Waals surface area contributed by atoms with Gasteiger partial charge < -0.3 is 19.0 Å². The second-order valence-electron chi connectivity index (χ2n) is 12.2. The van der Waals surface area contributed by atoms with E-state index in [0.717, 1.165) is 22.3 Å². The van der Waals surface area contributed by atoms with Gasteiger partial charge in [-0.3, -0.25) is 0 Å². The minimum absolute atomic E-state index is 0.303. The number of para-hydroxylation sites is 4. The molecule has 0 spiro atoms. The van der Waals surface area contributed by atoms with Gasteiger partial charge in [0.05, 0.1) is 11.0 Å². The molecule has 226 valence electrons. The zero-order valence-electron chi connectivity index (χ0n) is 26.3.